The molecule has 0 spiro atoms. The molecule has 1 aliphatic heterocycles. The van der Waals surface area contributed by atoms with Gasteiger partial charge in [-0.15, -0.1) is 11.8 Å². The monoisotopic (exact) mass is 518 g/mol. The van der Waals surface area contributed by atoms with Crippen molar-refractivity contribution in [1.82, 2.24) is 20.0 Å². The minimum atomic E-state index is -0.408. The number of carbonyl (C=O) groups is 3. The van der Waals surface area contributed by atoms with Crippen LogP contribution in [0.15, 0.2) is 23.1 Å². The van der Waals surface area contributed by atoms with Crippen LogP contribution in [0.1, 0.15) is 74.2 Å². The summed E-state index contributed by atoms with van der Waals surface area (Å²) in [7, 11) is 4.08. The number of likely N-dealkylation sites (N-methyl/N-ethyl adjacent to an activating group) is 2. The molecule has 1 aromatic rings. The van der Waals surface area contributed by atoms with Crippen LogP contribution < -0.4 is 5.32 Å². The van der Waals surface area contributed by atoms with Gasteiger partial charge in [0.15, 0.2) is 0 Å². The quantitative estimate of drug-likeness (QED) is 0.179. The van der Waals surface area contributed by atoms with E-state index in [2.05, 4.69) is 28.2 Å². The molecule has 1 saturated heterocycles. The van der Waals surface area contributed by atoms with Crippen molar-refractivity contribution in [3.05, 3.63) is 29.3 Å². The lowest BCUT2D eigenvalue weighted by Gasteiger charge is -2.32. The van der Waals surface area contributed by atoms with Crippen LogP contribution in [0.4, 0.5) is 0 Å². The number of amides is 2. The number of benzene rings is 1. The van der Waals surface area contributed by atoms with Crippen LogP contribution in [0.3, 0.4) is 0 Å². The molecule has 0 saturated carbocycles. The first-order valence-corrected chi connectivity index (χ1v) is 14.5. The minimum absolute atomic E-state index is 0.296. The van der Waals surface area contributed by atoms with E-state index in [-0.39, 0.29) is 5.91 Å². The molecule has 1 aromatic carbocycles. The van der Waals surface area contributed by atoms with E-state index in [9.17, 15) is 14.4 Å². The highest BCUT2D eigenvalue weighted by Gasteiger charge is 2.23. The Morgan fingerprint density at radius 1 is 1.08 bits per heavy atom. The van der Waals surface area contributed by atoms with Gasteiger partial charge in [-0.2, -0.15) is 0 Å². The molecule has 8 heteroatoms. The first-order chi connectivity index (χ1) is 17.5. The third-order valence-corrected chi connectivity index (χ3v) is 8.21. The van der Waals surface area contributed by atoms with Crippen LogP contribution in [0.2, 0.25) is 0 Å². The van der Waals surface area contributed by atoms with Crippen LogP contribution in [0.5, 0.6) is 0 Å². The summed E-state index contributed by atoms with van der Waals surface area (Å²) in [6.45, 7) is 8.55. The summed E-state index contributed by atoms with van der Waals surface area (Å²) >= 11 is 1.80. The molecular formula is C28H46N4O3S. The molecular weight excluding hydrogens is 472 g/mol. The van der Waals surface area contributed by atoms with Gasteiger partial charge in [-0.05, 0) is 57.3 Å². The van der Waals surface area contributed by atoms with Gasteiger partial charge < -0.3 is 9.80 Å². The van der Waals surface area contributed by atoms with E-state index in [4.69, 9.17) is 0 Å². The Hall–Kier alpha value is -1.74. The number of aldehydes is 1. The molecule has 0 bridgehead atoms. The smallest absolute Gasteiger partial charge is 0.243 e. The van der Waals surface area contributed by atoms with Gasteiger partial charge in [0.1, 0.15) is 6.29 Å². The largest absolute Gasteiger partial charge is 0.304 e. The van der Waals surface area contributed by atoms with Crippen LogP contribution in [0, 0.1) is 0 Å². The van der Waals surface area contributed by atoms with E-state index in [1.807, 2.05) is 31.0 Å². The minimum Gasteiger partial charge on any atom is -0.304 e. The van der Waals surface area contributed by atoms with Crippen LogP contribution in [-0.4, -0.2) is 91.9 Å². The highest BCUT2D eigenvalue weighted by atomic mass is 32.2. The van der Waals surface area contributed by atoms with Crippen molar-refractivity contribution in [1.29, 1.82) is 0 Å². The maximum Gasteiger partial charge on any atom is 0.243 e. The third kappa shape index (κ3) is 10.7. The second-order valence-corrected chi connectivity index (χ2v) is 11.0. The Morgan fingerprint density at radius 3 is 2.44 bits per heavy atom. The molecule has 36 heavy (non-hydrogen) atoms. The first kappa shape index (κ1) is 30.5. The van der Waals surface area contributed by atoms with E-state index < -0.39 is 6.04 Å². The van der Waals surface area contributed by atoms with Gasteiger partial charge in [-0.1, -0.05) is 51.2 Å². The molecule has 1 atom stereocenters. The lowest BCUT2D eigenvalue weighted by molar-refractivity contribution is -0.129. The molecule has 1 heterocycles. The number of thioether (sulfide) groups is 1. The number of nitrogens with zero attached hydrogens (tertiary/aromatic N) is 3. The molecule has 7 nitrogen and oxygen atoms in total. The summed E-state index contributed by atoms with van der Waals surface area (Å²) in [6.07, 6.45) is 10.4. The maximum absolute atomic E-state index is 12.4. The topological polar surface area (TPSA) is 73.0 Å². The van der Waals surface area contributed by atoms with Crippen molar-refractivity contribution in [3.8, 4) is 0 Å². The number of nitrogens with one attached hydrogen (secondary N) is 1. The average molecular weight is 519 g/mol. The summed E-state index contributed by atoms with van der Waals surface area (Å²) in [5.41, 5.74) is 1.63. The van der Waals surface area contributed by atoms with Gasteiger partial charge in [0, 0.05) is 43.2 Å². The van der Waals surface area contributed by atoms with Crippen molar-refractivity contribution < 1.29 is 14.4 Å². The second-order valence-electron chi connectivity index (χ2n) is 9.90. The molecule has 2 rings (SSSR count). The number of rotatable bonds is 18. The Morgan fingerprint density at radius 2 is 1.78 bits per heavy atom. The molecule has 1 N–H and O–H groups in total. The summed E-state index contributed by atoms with van der Waals surface area (Å²) < 4.78 is 0. The van der Waals surface area contributed by atoms with Crippen molar-refractivity contribution in [2.24, 2.45) is 0 Å². The Bertz CT molecular complexity index is 799. The van der Waals surface area contributed by atoms with Gasteiger partial charge in [0.2, 0.25) is 12.3 Å². The van der Waals surface area contributed by atoms with Gasteiger partial charge in [-0.25, -0.2) is 0 Å². The predicted octanol–water partition coefficient (Wildman–Crippen LogP) is 4.05. The van der Waals surface area contributed by atoms with Crippen LogP contribution in [-0.2, 0) is 16.1 Å². The fraction of sp³-hybridized carbons (Fsp3) is 0.679. The van der Waals surface area contributed by atoms with E-state index in [1.54, 1.807) is 11.8 Å². The molecule has 1 unspecified atom stereocenters. The van der Waals surface area contributed by atoms with Crippen LogP contribution >= 0.6 is 11.8 Å². The SMILES string of the molecule is CCCC(C(=O)NC=O)N(C)Cc1c(C=O)cccc1SCCCCCCCCN1CCN(C)CC1. The highest BCUT2D eigenvalue weighted by Crippen LogP contribution is 2.28. The lowest BCUT2D eigenvalue weighted by Crippen LogP contribution is -2.44. The average Bonchev–Trinajstić information content (AvgIpc) is 2.88. The second kappa shape index (κ2) is 17.7. The summed E-state index contributed by atoms with van der Waals surface area (Å²) in [5, 5.41) is 2.28. The zero-order chi connectivity index (χ0) is 26.2. The number of carbonyl (C=O) groups excluding carboxylic acids is 3. The number of hydrogen-bond donors (Lipinski definition) is 1. The van der Waals surface area contributed by atoms with E-state index in [0.717, 1.165) is 35.3 Å². The highest BCUT2D eigenvalue weighted by molar-refractivity contribution is 7.99. The molecule has 1 aliphatic rings. The Kier molecular flexibility index (Phi) is 15.0. The number of hydrogen-bond acceptors (Lipinski definition) is 7. The fourth-order valence-corrected chi connectivity index (χ4v) is 5.83. The van der Waals surface area contributed by atoms with Gasteiger partial charge in [0.25, 0.3) is 0 Å². The van der Waals surface area contributed by atoms with Crippen molar-refractivity contribution >= 4 is 30.4 Å². The number of piperazine rings is 1. The lowest BCUT2D eigenvalue weighted by atomic mass is 10.1. The third-order valence-electron chi connectivity index (χ3n) is 7.02. The van der Waals surface area contributed by atoms with Crippen molar-refractivity contribution in [2.45, 2.75) is 75.8 Å². The van der Waals surface area contributed by atoms with Crippen molar-refractivity contribution in [3.63, 3.8) is 0 Å². The molecule has 202 valence electrons. The fourth-order valence-electron chi connectivity index (χ4n) is 4.73. The van der Waals surface area contributed by atoms with E-state index >= 15 is 0 Å². The number of unbranched alkanes of at least 4 members (excludes halogenated alkanes) is 5. The normalized spacial score (nSPS) is 15.7. The maximum atomic E-state index is 12.4. The van der Waals surface area contributed by atoms with E-state index in [0.29, 0.717) is 24.9 Å². The standard InChI is InChI=1S/C28H46N4O3S/c1-4-12-26(28(35)29-23-34)31(3)21-25-24(22-33)13-11-14-27(25)36-20-10-8-6-5-7-9-15-32-18-16-30(2)17-19-32/h11,13-14,22-23,26H,4-10,12,15-21H2,1-3H3,(H,29,34,35). The summed E-state index contributed by atoms with van der Waals surface area (Å²) in [4.78, 5) is 42.9. The summed E-state index contributed by atoms with van der Waals surface area (Å²) in [5.74, 6) is 0.723. The molecule has 0 aromatic heterocycles. The Labute approximate surface area is 222 Å². The van der Waals surface area contributed by atoms with Gasteiger partial charge in [0.05, 0.1) is 6.04 Å². The predicted molar refractivity (Wildman–Crippen MR) is 149 cm³/mol. The Balaban J connectivity index is 1.75. The molecule has 1 fully saturated rings. The first-order valence-electron chi connectivity index (χ1n) is 13.5. The molecule has 0 radical (unpaired) electrons. The zero-order valence-electron chi connectivity index (χ0n) is 22.5. The van der Waals surface area contributed by atoms with Gasteiger partial charge >= 0.3 is 0 Å². The zero-order valence-corrected chi connectivity index (χ0v) is 23.4. The van der Waals surface area contributed by atoms with Gasteiger partial charge in [-0.3, -0.25) is 24.6 Å². The summed E-state index contributed by atoms with van der Waals surface area (Å²) in [6, 6.07) is 5.43. The van der Waals surface area contributed by atoms with Crippen molar-refractivity contribution in [2.75, 3.05) is 52.6 Å². The number of imide groups is 1. The molecule has 2 amide bonds. The molecule has 0 aliphatic carbocycles. The van der Waals surface area contributed by atoms with E-state index in [1.165, 1.54) is 64.8 Å². The van der Waals surface area contributed by atoms with Crippen LogP contribution in [0.25, 0.3) is 0 Å².